The van der Waals surface area contributed by atoms with Gasteiger partial charge in [-0.15, -0.1) is 0 Å². The Hall–Kier alpha value is 0.110. The van der Waals surface area contributed by atoms with Crippen molar-refractivity contribution in [2.75, 3.05) is 12.3 Å². The van der Waals surface area contributed by atoms with Crippen LogP contribution in [0.4, 0.5) is 0 Å². The Morgan fingerprint density at radius 1 is 1.25 bits per heavy atom. The molecule has 0 radical (unpaired) electrons. The molecule has 0 heterocycles. The van der Waals surface area contributed by atoms with Crippen LogP contribution in [-0.4, -0.2) is 21.8 Å². The van der Waals surface area contributed by atoms with Gasteiger partial charge in [-0.25, -0.2) is 0 Å². The van der Waals surface area contributed by atoms with Crippen molar-refractivity contribution in [3.8, 4) is 0 Å². The van der Waals surface area contributed by atoms with Gasteiger partial charge in [-0.2, -0.15) is 0 Å². The Kier molecular flexibility index (Phi) is 6.67. The molecule has 0 rings (SSSR count). The second-order valence-corrected chi connectivity index (χ2v) is 5.44. The summed E-state index contributed by atoms with van der Waals surface area (Å²) in [7, 11) is -0.652. The van der Waals surface area contributed by atoms with Crippen molar-refractivity contribution in [2.24, 2.45) is 11.7 Å². The molecule has 2 N–H and O–H groups in total. The van der Waals surface area contributed by atoms with Crippen LogP contribution in [0.3, 0.4) is 0 Å². The molecule has 0 aliphatic carbocycles. The zero-order valence-electron chi connectivity index (χ0n) is 8.38. The molecule has 2 atom stereocenters. The predicted octanol–water partition coefficient (Wildman–Crippen LogP) is 1.52. The molecule has 0 aliphatic heterocycles. The molecule has 0 fully saturated rings. The summed E-state index contributed by atoms with van der Waals surface area (Å²) in [6.45, 7) is 7.01. The maximum absolute atomic E-state index is 11.5. The smallest absolute Gasteiger partial charge is 0.0342 e. The molecule has 0 spiro atoms. The predicted molar refractivity (Wildman–Crippen MR) is 55.6 cm³/mol. The molecule has 0 aromatic rings. The molecule has 2 nitrogen and oxygen atoms in total. The minimum Gasteiger partial charge on any atom is -0.330 e. The summed E-state index contributed by atoms with van der Waals surface area (Å²) in [5.74, 6) is 1.33. The van der Waals surface area contributed by atoms with Crippen LogP contribution in [0, 0.1) is 5.92 Å². The van der Waals surface area contributed by atoms with Gasteiger partial charge in [-0.05, 0) is 25.3 Å². The quantitative estimate of drug-likeness (QED) is 0.647. The van der Waals surface area contributed by atoms with Crippen LogP contribution in [0.5, 0.6) is 0 Å². The van der Waals surface area contributed by atoms with E-state index in [9.17, 15) is 4.21 Å². The van der Waals surface area contributed by atoms with Gasteiger partial charge in [-0.1, -0.05) is 20.8 Å². The van der Waals surface area contributed by atoms with Gasteiger partial charge in [0.15, 0.2) is 0 Å². The van der Waals surface area contributed by atoms with E-state index in [4.69, 9.17) is 5.73 Å². The number of rotatable bonds is 6. The molecule has 0 bridgehead atoms. The van der Waals surface area contributed by atoms with E-state index < -0.39 is 10.8 Å². The van der Waals surface area contributed by atoms with Gasteiger partial charge in [0.2, 0.25) is 0 Å². The Morgan fingerprint density at radius 2 is 1.83 bits per heavy atom. The standard InChI is InChI=1S/C9H21NOS/c1-8(2)9(3)12(11)7-5-4-6-10/h8-9H,4-7,10H2,1-3H3. The Balaban J connectivity index is 3.57. The molecule has 0 aliphatic rings. The minimum atomic E-state index is -0.652. The topological polar surface area (TPSA) is 43.1 Å². The average molecular weight is 191 g/mol. The molecular weight excluding hydrogens is 170 g/mol. The maximum atomic E-state index is 11.5. The van der Waals surface area contributed by atoms with E-state index >= 15 is 0 Å². The van der Waals surface area contributed by atoms with Crippen molar-refractivity contribution < 1.29 is 4.21 Å². The Bertz CT molecular complexity index is 136. The first kappa shape index (κ1) is 12.1. The third-order valence-electron chi connectivity index (χ3n) is 2.15. The third-order valence-corrected chi connectivity index (χ3v) is 4.22. The van der Waals surface area contributed by atoms with Crippen LogP contribution < -0.4 is 5.73 Å². The lowest BCUT2D eigenvalue weighted by Gasteiger charge is -2.14. The molecule has 0 aromatic carbocycles. The van der Waals surface area contributed by atoms with E-state index in [1.807, 2.05) is 0 Å². The van der Waals surface area contributed by atoms with Crippen LogP contribution >= 0.6 is 0 Å². The summed E-state index contributed by atoms with van der Waals surface area (Å²) < 4.78 is 11.5. The zero-order valence-corrected chi connectivity index (χ0v) is 9.19. The number of hydrogen-bond acceptors (Lipinski definition) is 2. The van der Waals surface area contributed by atoms with Crippen molar-refractivity contribution in [1.29, 1.82) is 0 Å². The van der Waals surface area contributed by atoms with E-state index in [-0.39, 0.29) is 0 Å². The van der Waals surface area contributed by atoms with Gasteiger partial charge in [0.1, 0.15) is 0 Å². The number of hydrogen-bond donors (Lipinski definition) is 1. The lowest BCUT2D eigenvalue weighted by atomic mass is 10.2. The van der Waals surface area contributed by atoms with Crippen molar-refractivity contribution in [2.45, 2.75) is 38.9 Å². The molecular formula is C9H21NOS. The number of nitrogens with two attached hydrogens (primary N) is 1. The maximum Gasteiger partial charge on any atom is 0.0342 e. The second kappa shape index (κ2) is 6.61. The van der Waals surface area contributed by atoms with Crippen molar-refractivity contribution in [1.82, 2.24) is 0 Å². The van der Waals surface area contributed by atoms with Crippen LogP contribution in [0.25, 0.3) is 0 Å². The van der Waals surface area contributed by atoms with Crippen molar-refractivity contribution in [3.63, 3.8) is 0 Å². The summed E-state index contributed by atoms with van der Waals surface area (Å²) in [4.78, 5) is 0. The van der Waals surface area contributed by atoms with Crippen LogP contribution in [0.2, 0.25) is 0 Å². The highest BCUT2D eigenvalue weighted by molar-refractivity contribution is 7.85. The lowest BCUT2D eigenvalue weighted by Crippen LogP contribution is -2.20. The highest BCUT2D eigenvalue weighted by Gasteiger charge is 2.13. The van der Waals surface area contributed by atoms with E-state index in [0.717, 1.165) is 18.6 Å². The molecule has 2 unspecified atom stereocenters. The van der Waals surface area contributed by atoms with Crippen molar-refractivity contribution >= 4 is 10.8 Å². The first-order valence-electron chi connectivity index (χ1n) is 4.66. The van der Waals surface area contributed by atoms with Crippen LogP contribution in [0.1, 0.15) is 33.6 Å². The third kappa shape index (κ3) is 4.88. The molecule has 12 heavy (non-hydrogen) atoms. The Labute approximate surface area is 78.4 Å². The van der Waals surface area contributed by atoms with Crippen molar-refractivity contribution in [3.05, 3.63) is 0 Å². The van der Waals surface area contributed by atoms with Gasteiger partial charge < -0.3 is 5.73 Å². The van der Waals surface area contributed by atoms with E-state index in [2.05, 4.69) is 20.8 Å². The monoisotopic (exact) mass is 191 g/mol. The molecule has 74 valence electrons. The second-order valence-electron chi connectivity index (χ2n) is 3.53. The molecule has 0 amide bonds. The normalized spacial score (nSPS) is 16.4. The van der Waals surface area contributed by atoms with Gasteiger partial charge in [-0.3, -0.25) is 4.21 Å². The highest BCUT2D eigenvalue weighted by Crippen LogP contribution is 2.09. The molecule has 0 saturated heterocycles. The fraction of sp³-hybridized carbons (Fsp3) is 1.00. The summed E-state index contributed by atoms with van der Waals surface area (Å²) >= 11 is 0. The van der Waals surface area contributed by atoms with Gasteiger partial charge in [0, 0.05) is 21.8 Å². The highest BCUT2D eigenvalue weighted by atomic mass is 32.2. The fourth-order valence-corrected chi connectivity index (χ4v) is 2.35. The lowest BCUT2D eigenvalue weighted by molar-refractivity contribution is 0.603. The van der Waals surface area contributed by atoms with E-state index in [1.54, 1.807) is 0 Å². The van der Waals surface area contributed by atoms with Gasteiger partial charge in [0.05, 0.1) is 0 Å². The zero-order chi connectivity index (χ0) is 9.56. The summed E-state index contributed by atoms with van der Waals surface area (Å²) in [6.07, 6.45) is 2.00. The Morgan fingerprint density at radius 3 is 2.25 bits per heavy atom. The van der Waals surface area contributed by atoms with Gasteiger partial charge >= 0.3 is 0 Å². The molecule has 0 saturated carbocycles. The average Bonchev–Trinajstić information content (AvgIpc) is 2.03. The fourth-order valence-electron chi connectivity index (χ4n) is 0.878. The molecule has 3 heteroatoms. The first-order chi connectivity index (χ1) is 5.59. The summed E-state index contributed by atoms with van der Waals surface area (Å²) in [5, 5.41) is 0.322. The minimum absolute atomic E-state index is 0.322. The van der Waals surface area contributed by atoms with Gasteiger partial charge in [0.25, 0.3) is 0 Å². The SMILES string of the molecule is CC(C)C(C)S(=O)CCCCN. The molecule has 0 aromatic heterocycles. The van der Waals surface area contributed by atoms with Crippen LogP contribution in [0.15, 0.2) is 0 Å². The summed E-state index contributed by atoms with van der Waals surface area (Å²) in [6, 6.07) is 0. The van der Waals surface area contributed by atoms with Crippen LogP contribution in [-0.2, 0) is 10.8 Å². The van der Waals surface area contributed by atoms with E-state index in [0.29, 0.717) is 17.7 Å². The largest absolute Gasteiger partial charge is 0.330 e. The van der Waals surface area contributed by atoms with E-state index in [1.165, 1.54) is 0 Å². The number of unbranched alkanes of at least 4 members (excludes halogenated alkanes) is 1. The first-order valence-corrected chi connectivity index (χ1v) is 6.05. The summed E-state index contributed by atoms with van der Waals surface area (Å²) in [5.41, 5.74) is 5.35.